The minimum Gasteiger partial charge on any atom is -0.338 e. The Bertz CT molecular complexity index is 787. The summed E-state index contributed by atoms with van der Waals surface area (Å²) < 4.78 is 19.4. The average Bonchev–Trinajstić information content (AvgIpc) is 3.16. The van der Waals surface area contributed by atoms with Crippen molar-refractivity contribution in [2.24, 2.45) is 0 Å². The average molecular weight is 396 g/mol. The molecule has 0 spiro atoms. The summed E-state index contributed by atoms with van der Waals surface area (Å²) in [6, 6.07) is 8.60. The predicted molar refractivity (Wildman–Crippen MR) is 91.6 cm³/mol. The number of nitrogens with zero attached hydrogens (tertiary/aromatic N) is 3. The van der Waals surface area contributed by atoms with Crippen LogP contribution in [0.4, 0.5) is 4.39 Å². The quantitative estimate of drug-likeness (QED) is 0.616. The van der Waals surface area contributed by atoms with Gasteiger partial charge in [0.2, 0.25) is 11.7 Å². The predicted octanol–water partition coefficient (Wildman–Crippen LogP) is 4.89. The third-order valence-electron chi connectivity index (χ3n) is 3.65. The number of hydrogen-bond donors (Lipinski definition) is 0. The number of aromatic nitrogens is 2. The van der Waals surface area contributed by atoms with Crippen LogP contribution in [-0.2, 0) is 6.54 Å². The fraction of sp³-hybridized carbons (Fsp3) is 0.250. The summed E-state index contributed by atoms with van der Waals surface area (Å²) in [5.74, 6) is 0.923. The van der Waals surface area contributed by atoms with Crippen LogP contribution in [-0.4, -0.2) is 22.1 Å². The molecule has 0 saturated carbocycles. The van der Waals surface area contributed by atoms with E-state index >= 15 is 0 Å². The van der Waals surface area contributed by atoms with E-state index in [-0.39, 0.29) is 11.9 Å². The Kier molecular flexibility index (Phi) is 4.89. The smallest absolute Gasteiger partial charge is 0.241 e. The fourth-order valence-electron chi connectivity index (χ4n) is 2.20. The van der Waals surface area contributed by atoms with Crippen molar-refractivity contribution in [3.05, 3.63) is 57.5 Å². The van der Waals surface area contributed by atoms with Crippen molar-refractivity contribution in [2.75, 3.05) is 7.05 Å². The molecule has 23 heavy (non-hydrogen) atoms. The zero-order chi connectivity index (χ0) is 16.4. The van der Waals surface area contributed by atoms with Gasteiger partial charge in [0.1, 0.15) is 5.82 Å². The van der Waals surface area contributed by atoms with Gasteiger partial charge in [-0.3, -0.25) is 4.90 Å². The van der Waals surface area contributed by atoms with Gasteiger partial charge in [0.15, 0.2) is 0 Å². The molecule has 7 heteroatoms. The normalized spacial score (nSPS) is 12.7. The highest BCUT2D eigenvalue weighted by atomic mass is 79.9. The largest absolute Gasteiger partial charge is 0.338 e. The van der Waals surface area contributed by atoms with E-state index in [1.54, 1.807) is 23.5 Å². The second kappa shape index (κ2) is 6.90. The molecule has 0 fully saturated rings. The van der Waals surface area contributed by atoms with Gasteiger partial charge in [0.05, 0.1) is 11.4 Å². The van der Waals surface area contributed by atoms with Gasteiger partial charge < -0.3 is 4.52 Å². The molecule has 4 nitrogen and oxygen atoms in total. The van der Waals surface area contributed by atoms with Crippen LogP contribution >= 0.6 is 27.3 Å². The maximum Gasteiger partial charge on any atom is 0.241 e. The highest BCUT2D eigenvalue weighted by Gasteiger charge is 2.16. The van der Waals surface area contributed by atoms with Crippen LogP contribution in [0.25, 0.3) is 10.7 Å². The zero-order valence-corrected chi connectivity index (χ0v) is 15.1. The summed E-state index contributed by atoms with van der Waals surface area (Å²) in [6.07, 6.45) is 0. The van der Waals surface area contributed by atoms with Crippen molar-refractivity contribution in [2.45, 2.75) is 19.5 Å². The lowest BCUT2D eigenvalue weighted by atomic mass is 10.1. The van der Waals surface area contributed by atoms with E-state index in [0.29, 0.717) is 18.3 Å². The van der Waals surface area contributed by atoms with E-state index in [9.17, 15) is 4.39 Å². The lowest BCUT2D eigenvalue weighted by Gasteiger charge is -2.23. The van der Waals surface area contributed by atoms with Crippen LogP contribution in [0.1, 0.15) is 24.4 Å². The molecule has 0 bridgehead atoms. The topological polar surface area (TPSA) is 42.2 Å². The van der Waals surface area contributed by atoms with E-state index < -0.39 is 0 Å². The molecule has 3 rings (SSSR count). The van der Waals surface area contributed by atoms with Crippen molar-refractivity contribution in [3.63, 3.8) is 0 Å². The molecule has 1 aromatic carbocycles. The van der Waals surface area contributed by atoms with Gasteiger partial charge in [-0.05, 0) is 53.7 Å². The van der Waals surface area contributed by atoms with Gasteiger partial charge in [-0.15, -0.1) is 11.3 Å². The molecule has 2 heterocycles. The Morgan fingerprint density at radius 3 is 2.74 bits per heavy atom. The van der Waals surface area contributed by atoms with Crippen LogP contribution < -0.4 is 0 Å². The minimum atomic E-state index is -0.229. The molecule has 0 unspecified atom stereocenters. The highest BCUT2D eigenvalue weighted by molar-refractivity contribution is 9.10. The van der Waals surface area contributed by atoms with Crippen molar-refractivity contribution < 1.29 is 8.91 Å². The van der Waals surface area contributed by atoms with Gasteiger partial charge in [0.25, 0.3) is 0 Å². The maximum atomic E-state index is 13.0. The summed E-state index contributed by atoms with van der Waals surface area (Å²) in [4.78, 5) is 7.47. The minimum absolute atomic E-state index is 0.113. The van der Waals surface area contributed by atoms with Gasteiger partial charge in [-0.2, -0.15) is 4.98 Å². The Labute approximate surface area is 146 Å². The van der Waals surface area contributed by atoms with Crippen molar-refractivity contribution in [3.8, 4) is 10.7 Å². The molecular formula is C16H15BrFN3OS. The second-order valence-electron chi connectivity index (χ2n) is 5.28. The molecule has 3 aromatic rings. The molecule has 0 aliphatic carbocycles. The summed E-state index contributed by atoms with van der Waals surface area (Å²) in [5, 5.41) is 6.00. The first-order chi connectivity index (χ1) is 11.0. The van der Waals surface area contributed by atoms with Crippen molar-refractivity contribution >= 4 is 27.3 Å². The van der Waals surface area contributed by atoms with Crippen LogP contribution in [0.15, 0.2) is 44.7 Å². The summed E-state index contributed by atoms with van der Waals surface area (Å²) in [7, 11) is 1.97. The molecular weight excluding hydrogens is 381 g/mol. The summed E-state index contributed by atoms with van der Waals surface area (Å²) in [6.45, 7) is 2.58. The molecule has 120 valence electrons. The molecule has 2 aromatic heterocycles. The monoisotopic (exact) mass is 395 g/mol. The SMILES string of the molecule is C[C@H](c1ccc(F)cc1)N(C)Cc1nc(-c2cc(Br)cs2)no1. The van der Waals surface area contributed by atoms with E-state index in [2.05, 4.69) is 37.9 Å². The highest BCUT2D eigenvalue weighted by Crippen LogP contribution is 2.28. The molecule has 0 saturated heterocycles. The lowest BCUT2D eigenvalue weighted by molar-refractivity contribution is 0.216. The van der Waals surface area contributed by atoms with Crippen LogP contribution in [0.2, 0.25) is 0 Å². The van der Waals surface area contributed by atoms with Gasteiger partial charge in [0, 0.05) is 15.9 Å². The molecule has 1 atom stereocenters. The van der Waals surface area contributed by atoms with Gasteiger partial charge in [-0.25, -0.2) is 4.39 Å². The Morgan fingerprint density at radius 2 is 2.09 bits per heavy atom. The van der Waals surface area contributed by atoms with Gasteiger partial charge >= 0.3 is 0 Å². The van der Waals surface area contributed by atoms with E-state index in [4.69, 9.17) is 4.52 Å². The van der Waals surface area contributed by atoms with Crippen LogP contribution in [0.3, 0.4) is 0 Å². The first-order valence-corrected chi connectivity index (χ1v) is 8.73. The number of halogens is 2. The van der Waals surface area contributed by atoms with E-state index in [1.165, 1.54) is 12.1 Å². The summed E-state index contributed by atoms with van der Waals surface area (Å²) >= 11 is 4.97. The Hall–Kier alpha value is -1.57. The van der Waals surface area contributed by atoms with E-state index in [1.807, 2.05) is 18.5 Å². The zero-order valence-electron chi connectivity index (χ0n) is 12.7. The summed E-state index contributed by atoms with van der Waals surface area (Å²) in [5.41, 5.74) is 1.04. The number of rotatable bonds is 5. The molecule has 0 radical (unpaired) electrons. The number of hydrogen-bond acceptors (Lipinski definition) is 5. The molecule has 0 aliphatic rings. The third-order valence-corrected chi connectivity index (χ3v) is 5.34. The van der Waals surface area contributed by atoms with E-state index in [0.717, 1.165) is 14.9 Å². The van der Waals surface area contributed by atoms with Crippen LogP contribution in [0, 0.1) is 5.82 Å². The van der Waals surface area contributed by atoms with Gasteiger partial charge in [-0.1, -0.05) is 17.3 Å². The Morgan fingerprint density at radius 1 is 1.35 bits per heavy atom. The molecule has 0 N–H and O–H groups in total. The first kappa shape index (κ1) is 16.3. The molecule has 0 aliphatic heterocycles. The van der Waals surface area contributed by atoms with Crippen molar-refractivity contribution in [1.82, 2.24) is 15.0 Å². The number of thiophene rings is 1. The number of benzene rings is 1. The standard InChI is InChI=1S/C16H15BrFN3OS/c1-10(11-3-5-13(18)6-4-11)21(2)8-15-19-16(20-22-15)14-7-12(17)9-23-14/h3-7,9-10H,8H2,1-2H3/t10-/m1/s1. The maximum absolute atomic E-state index is 13.0. The first-order valence-electron chi connectivity index (χ1n) is 7.05. The lowest BCUT2D eigenvalue weighted by Crippen LogP contribution is -2.22. The third kappa shape index (κ3) is 3.85. The van der Waals surface area contributed by atoms with Crippen LogP contribution in [0.5, 0.6) is 0 Å². The van der Waals surface area contributed by atoms with Crippen molar-refractivity contribution in [1.29, 1.82) is 0 Å². The Balaban J connectivity index is 1.69. The second-order valence-corrected chi connectivity index (χ2v) is 7.11. The fourth-order valence-corrected chi connectivity index (χ4v) is 3.55. The molecule has 0 amide bonds.